The minimum absolute atomic E-state index is 0. The smallest absolute Gasteiger partial charge is 0.00704 e. The van der Waals surface area contributed by atoms with E-state index in [4.69, 9.17) is 0 Å². The van der Waals surface area contributed by atoms with E-state index in [0.29, 0.717) is 0 Å². The van der Waals surface area contributed by atoms with E-state index in [1.165, 1.54) is 25.8 Å². The molecule has 0 aromatic heterocycles. The van der Waals surface area contributed by atoms with Crippen molar-refractivity contribution in [3.8, 4) is 0 Å². The number of hydrogen-bond donors (Lipinski definition) is 1. The molecule has 1 aliphatic carbocycles. The number of nitrogens with one attached hydrogen (secondary N) is 1. The van der Waals surface area contributed by atoms with E-state index in [-0.39, 0.29) is 7.43 Å². The Morgan fingerprint density at radius 2 is 2.12 bits per heavy atom. The van der Waals surface area contributed by atoms with Gasteiger partial charge in [0.15, 0.2) is 0 Å². The summed E-state index contributed by atoms with van der Waals surface area (Å²) in [5.41, 5.74) is 0. The van der Waals surface area contributed by atoms with Gasteiger partial charge in [0.1, 0.15) is 0 Å². The van der Waals surface area contributed by atoms with Crippen molar-refractivity contribution in [2.45, 2.75) is 32.7 Å². The lowest BCUT2D eigenvalue weighted by Gasteiger charge is -2.08. The summed E-state index contributed by atoms with van der Waals surface area (Å²) in [5.74, 6) is 1.06. The summed E-state index contributed by atoms with van der Waals surface area (Å²) in [6.07, 6.45) is 4.42. The standard InChI is InChI=1S/C6H11N.CH4/c1-2-6-3-5(1)4-7-6;/h5-7H,1-4H2;1H4/t5-,6+;/m0./s1. The van der Waals surface area contributed by atoms with Crippen molar-refractivity contribution >= 4 is 0 Å². The molecular formula is C7H15N. The average molecular weight is 113 g/mol. The summed E-state index contributed by atoms with van der Waals surface area (Å²) < 4.78 is 0. The predicted octanol–water partition coefficient (Wildman–Crippen LogP) is 1.39. The molecule has 0 spiro atoms. The second-order valence-corrected chi connectivity index (χ2v) is 2.78. The number of fused-ring (bicyclic) bond motifs is 2. The Labute approximate surface area is 51.5 Å². The van der Waals surface area contributed by atoms with Crippen molar-refractivity contribution < 1.29 is 0 Å². The van der Waals surface area contributed by atoms with Crippen molar-refractivity contribution in [3.05, 3.63) is 0 Å². The van der Waals surface area contributed by atoms with Crippen molar-refractivity contribution in [2.24, 2.45) is 5.92 Å². The maximum Gasteiger partial charge on any atom is 0.00704 e. The largest absolute Gasteiger partial charge is 0.314 e. The summed E-state index contributed by atoms with van der Waals surface area (Å²) in [6.45, 7) is 1.31. The van der Waals surface area contributed by atoms with Crippen molar-refractivity contribution in [1.29, 1.82) is 0 Å². The van der Waals surface area contributed by atoms with Crippen LogP contribution in [0.3, 0.4) is 0 Å². The van der Waals surface area contributed by atoms with Crippen molar-refractivity contribution in [2.75, 3.05) is 6.54 Å². The first-order chi connectivity index (χ1) is 3.45. The lowest BCUT2D eigenvalue weighted by atomic mass is 10.1. The predicted molar refractivity (Wildman–Crippen MR) is 35.9 cm³/mol. The van der Waals surface area contributed by atoms with Gasteiger partial charge in [0.25, 0.3) is 0 Å². The van der Waals surface area contributed by atoms with Gasteiger partial charge in [-0.1, -0.05) is 7.43 Å². The average Bonchev–Trinajstić information content (AvgIpc) is 2.22. The van der Waals surface area contributed by atoms with Crippen LogP contribution in [0.4, 0.5) is 0 Å². The quantitative estimate of drug-likeness (QED) is 0.500. The highest BCUT2D eigenvalue weighted by atomic mass is 15.0. The maximum atomic E-state index is 3.46. The summed E-state index contributed by atoms with van der Waals surface area (Å²) >= 11 is 0. The summed E-state index contributed by atoms with van der Waals surface area (Å²) in [4.78, 5) is 0. The Morgan fingerprint density at radius 3 is 2.25 bits per heavy atom. The minimum atomic E-state index is 0. The monoisotopic (exact) mass is 113 g/mol. The Kier molecular flexibility index (Phi) is 1.57. The van der Waals surface area contributed by atoms with E-state index in [9.17, 15) is 0 Å². The summed E-state index contributed by atoms with van der Waals surface area (Å²) in [5, 5.41) is 3.46. The van der Waals surface area contributed by atoms with Crippen molar-refractivity contribution in [3.63, 3.8) is 0 Å². The van der Waals surface area contributed by atoms with Gasteiger partial charge in [-0.2, -0.15) is 0 Å². The number of piperidine rings is 1. The fourth-order valence-corrected chi connectivity index (χ4v) is 1.78. The second kappa shape index (κ2) is 2.06. The molecule has 0 aromatic rings. The lowest BCUT2D eigenvalue weighted by molar-refractivity contribution is 0.504. The molecule has 8 heavy (non-hydrogen) atoms. The third-order valence-corrected chi connectivity index (χ3v) is 2.24. The molecule has 2 fully saturated rings. The molecule has 2 bridgehead atoms. The van der Waals surface area contributed by atoms with Gasteiger partial charge < -0.3 is 5.32 Å². The molecule has 48 valence electrons. The molecule has 2 rings (SSSR count). The second-order valence-electron chi connectivity index (χ2n) is 2.78. The van der Waals surface area contributed by atoms with Gasteiger partial charge in [0.2, 0.25) is 0 Å². The van der Waals surface area contributed by atoms with E-state index < -0.39 is 0 Å². The maximum absolute atomic E-state index is 3.46. The fourth-order valence-electron chi connectivity index (χ4n) is 1.78. The highest BCUT2D eigenvalue weighted by molar-refractivity contribution is 4.88. The Morgan fingerprint density at radius 1 is 1.25 bits per heavy atom. The van der Waals surface area contributed by atoms with Gasteiger partial charge in [0, 0.05) is 6.04 Å². The van der Waals surface area contributed by atoms with Crippen LogP contribution in [0.1, 0.15) is 26.7 Å². The zero-order chi connectivity index (χ0) is 4.69. The topological polar surface area (TPSA) is 12.0 Å². The van der Waals surface area contributed by atoms with Gasteiger partial charge in [-0.15, -0.1) is 0 Å². The third kappa shape index (κ3) is 0.752. The highest BCUT2D eigenvalue weighted by Gasteiger charge is 2.30. The van der Waals surface area contributed by atoms with E-state index in [1.807, 2.05) is 0 Å². The molecule has 1 aliphatic heterocycles. The number of hydrogen-bond acceptors (Lipinski definition) is 1. The van der Waals surface area contributed by atoms with Crippen LogP contribution in [0.25, 0.3) is 0 Å². The molecule has 0 aromatic carbocycles. The Bertz CT molecular complexity index is 62.5. The van der Waals surface area contributed by atoms with Gasteiger partial charge in [0.05, 0.1) is 0 Å². The molecule has 1 N–H and O–H groups in total. The first-order valence-electron chi connectivity index (χ1n) is 3.18. The van der Waals surface area contributed by atoms with Gasteiger partial charge in [-0.3, -0.25) is 0 Å². The molecule has 0 amide bonds. The molecule has 0 unspecified atom stereocenters. The minimum Gasteiger partial charge on any atom is -0.314 e. The molecule has 2 atom stereocenters. The van der Waals surface area contributed by atoms with Crippen LogP contribution in [0.15, 0.2) is 0 Å². The zero-order valence-electron chi connectivity index (χ0n) is 4.48. The molecule has 1 heterocycles. The van der Waals surface area contributed by atoms with E-state index >= 15 is 0 Å². The molecule has 1 saturated heterocycles. The normalized spacial score (nSPS) is 42.0. The highest BCUT2D eigenvalue weighted by Crippen LogP contribution is 2.29. The van der Waals surface area contributed by atoms with Crippen LogP contribution < -0.4 is 5.32 Å². The van der Waals surface area contributed by atoms with Gasteiger partial charge in [-0.25, -0.2) is 0 Å². The van der Waals surface area contributed by atoms with E-state index in [2.05, 4.69) is 5.32 Å². The fraction of sp³-hybridized carbons (Fsp3) is 1.00. The molecule has 2 aliphatic rings. The molecule has 1 nitrogen and oxygen atoms in total. The van der Waals surface area contributed by atoms with Crippen LogP contribution in [0.2, 0.25) is 0 Å². The first kappa shape index (κ1) is 6.09. The Balaban J connectivity index is 0.000000320. The Hall–Kier alpha value is -0.0400. The van der Waals surface area contributed by atoms with Gasteiger partial charge in [-0.05, 0) is 31.7 Å². The van der Waals surface area contributed by atoms with E-state index in [0.717, 1.165) is 12.0 Å². The number of rotatable bonds is 0. The lowest BCUT2D eigenvalue weighted by Crippen LogP contribution is -2.23. The summed E-state index contributed by atoms with van der Waals surface area (Å²) in [7, 11) is 0. The molecule has 1 heteroatoms. The van der Waals surface area contributed by atoms with Crippen LogP contribution >= 0.6 is 0 Å². The van der Waals surface area contributed by atoms with Crippen LogP contribution in [0, 0.1) is 5.92 Å². The SMILES string of the molecule is C.C1C[C@@H]2C[C@H]1CN2. The zero-order valence-corrected chi connectivity index (χ0v) is 4.48. The van der Waals surface area contributed by atoms with Gasteiger partial charge >= 0.3 is 0 Å². The molecular weight excluding hydrogens is 98.1 g/mol. The molecule has 1 saturated carbocycles. The first-order valence-corrected chi connectivity index (χ1v) is 3.18. The van der Waals surface area contributed by atoms with Crippen molar-refractivity contribution in [1.82, 2.24) is 5.32 Å². The van der Waals surface area contributed by atoms with Crippen LogP contribution in [0.5, 0.6) is 0 Å². The third-order valence-electron chi connectivity index (χ3n) is 2.24. The van der Waals surface area contributed by atoms with Crippen LogP contribution in [-0.2, 0) is 0 Å². The van der Waals surface area contributed by atoms with Crippen LogP contribution in [-0.4, -0.2) is 12.6 Å². The summed E-state index contributed by atoms with van der Waals surface area (Å²) in [6, 6.07) is 0.921. The molecule has 0 radical (unpaired) electrons. The van der Waals surface area contributed by atoms with E-state index in [1.54, 1.807) is 0 Å².